The van der Waals surface area contributed by atoms with Crippen molar-refractivity contribution in [1.29, 1.82) is 0 Å². The molecule has 0 amide bonds. The van der Waals surface area contributed by atoms with Gasteiger partial charge in [0.15, 0.2) is 5.96 Å². The van der Waals surface area contributed by atoms with Crippen LogP contribution in [0.25, 0.3) is 0 Å². The van der Waals surface area contributed by atoms with E-state index in [1.54, 1.807) is 24.3 Å². The fourth-order valence-corrected chi connectivity index (χ4v) is 3.40. The quantitative estimate of drug-likeness (QED) is 0.468. The summed E-state index contributed by atoms with van der Waals surface area (Å²) < 4.78 is 25.9. The Morgan fingerprint density at radius 3 is 2.25 bits per heavy atom. The van der Waals surface area contributed by atoms with Gasteiger partial charge in [-0.05, 0) is 50.1 Å². The number of aryl methyl sites for hydroxylation is 1. The zero-order valence-electron chi connectivity index (χ0n) is 17.0. The van der Waals surface area contributed by atoms with Gasteiger partial charge in [-0.25, -0.2) is 18.1 Å². The van der Waals surface area contributed by atoms with Crippen molar-refractivity contribution in [3.8, 4) is 0 Å². The van der Waals surface area contributed by atoms with Gasteiger partial charge in [0.1, 0.15) is 0 Å². The monoisotopic (exact) mass is 402 g/mol. The van der Waals surface area contributed by atoms with Gasteiger partial charge >= 0.3 is 0 Å². The fourth-order valence-electron chi connectivity index (χ4n) is 2.67. The lowest BCUT2D eigenvalue weighted by Crippen LogP contribution is -2.39. The molecular weight excluding hydrogens is 372 g/mol. The molecule has 0 aliphatic heterocycles. The Bertz CT molecular complexity index is 876. The van der Waals surface area contributed by atoms with Crippen LogP contribution in [0.2, 0.25) is 0 Å². The van der Waals surface area contributed by atoms with Crippen molar-refractivity contribution in [2.75, 3.05) is 20.1 Å². The number of hydrogen-bond donors (Lipinski definition) is 3. The molecule has 28 heavy (non-hydrogen) atoms. The molecule has 0 heterocycles. The second-order valence-corrected chi connectivity index (χ2v) is 8.63. The number of benzene rings is 2. The molecule has 1 atom stereocenters. The van der Waals surface area contributed by atoms with Crippen LogP contribution in [0, 0.1) is 6.92 Å². The first kappa shape index (κ1) is 21.9. The second kappa shape index (κ2) is 10.2. The summed E-state index contributed by atoms with van der Waals surface area (Å²) in [6.45, 7) is 8.30. The number of nitrogens with zero attached hydrogens (tertiary/aromatic N) is 1. The van der Waals surface area contributed by atoms with Crippen LogP contribution in [0.4, 0.5) is 0 Å². The van der Waals surface area contributed by atoms with E-state index < -0.39 is 10.0 Å². The van der Waals surface area contributed by atoms with E-state index in [-0.39, 0.29) is 4.90 Å². The Morgan fingerprint density at radius 2 is 1.68 bits per heavy atom. The molecular formula is C21H30N4O2S. The Balaban J connectivity index is 1.98. The summed E-state index contributed by atoms with van der Waals surface area (Å²) in [7, 11) is -2.01. The van der Waals surface area contributed by atoms with Crippen LogP contribution in [0.3, 0.4) is 0 Å². The van der Waals surface area contributed by atoms with Gasteiger partial charge in [0, 0.05) is 13.1 Å². The summed E-state index contributed by atoms with van der Waals surface area (Å²) in [4.78, 5) is 4.85. The minimum absolute atomic E-state index is 0.250. The highest BCUT2D eigenvalue weighted by atomic mass is 32.2. The second-order valence-electron chi connectivity index (χ2n) is 6.74. The molecule has 1 unspecified atom stereocenters. The van der Waals surface area contributed by atoms with Crippen LogP contribution in [0.5, 0.6) is 0 Å². The van der Waals surface area contributed by atoms with Gasteiger partial charge in [-0.2, -0.15) is 0 Å². The number of nitrogens with one attached hydrogen (secondary N) is 3. The number of guanidine groups is 1. The predicted octanol–water partition coefficient (Wildman–Crippen LogP) is 2.76. The van der Waals surface area contributed by atoms with Gasteiger partial charge in [-0.3, -0.25) is 0 Å². The molecule has 2 aromatic carbocycles. The minimum Gasteiger partial charge on any atom is -0.357 e. The van der Waals surface area contributed by atoms with E-state index in [9.17, 15) is 8.42 Å². The number of hydrogen-bond acceptors (Lipinski definition) is 3. The standard InChI is InChI=1S/C21H30N4O2S/c1-5-23-21(24-14-17(3)19-10-6-16(2)7-11-19)25-15-18-8-12-20(13-9-18)28(26,27)22-4/h6-13,17,22H,5,14-15H2,1-4H3,(H2,23,24,25). The van der Waals surface area contributed by atoms with E-state index in [2.05, 4.69) is 58.5 Å². The average molecular weight is 403 g/mol. The zero-order chi connectivity index (χ0) is 20.6. The van der Waals surface area contributed by atoms with E-state index in [0.29, 0.717) is 12.5 Å². The van der Waals surface area contributed by atoms with Crippen molar-refractivity contribution in [2.45, 2.75) is 38.1 Å². The topological polar surface area (TPSA) is 82.6 Å². The molecule has 2 aromatic rings. The maximum absolute atomic E-state index is 11.8. The maximum atomic E-state index is 11.8. The van der Waals surface area contributed by atoms with Crippen LogP contribution in [0.1, 0.15) is 36.5 Å². The average Bonchev–Trinajstić information content (AvgIpc) is 2.70. The van der Waals surface area contributed by atoms with Gasteiger partial charge < -0.3 is 10.6 Å². The first-order valence-corrected chi connectivity index (χ1v) is 10.9. The van der Waals surface area contributed by atoms with E-state index in [1.807, 2.05) is 6.92 Å². The molecule has 0 aliphatic rings. The Morgan fingerprint density at radius 1 is 1.04 bits per heavy atom. The molecule has 0 saturated heterocycles. The number of rotatable bonds is 8. The highest BCUT2D eigenvalue weighted by Gasteiger charge is 2.10. The summed E-state index contributed by atoms with van der Waals surface area (Å²) >= 11 is 0. The summed E-state index contributed by atoms with van der Waals surface area (Å²) in [5.74, 6) is 1.10. The third kappa shape index (κ3) is 6.35. The van der Waals surface area contributed by atoms with Crippen molar-refractivity contribution in [1.82, 2.24) is 15.4 Å². The predicted molar refractivity (Wildman–Crippen MR) is 115 cm³/mol. The SMILES string of the molecule is CCNC(=NCc1ccc(S(=O)(=O)NC)cc1)NCC(C)c1ccc(C)cc1. The van der Waals surface area contributed by atoms with Crippen LogP contribution >= 0.6 is 0 Å². The van der Waals surface area contributed by atoms with E-state index in [1.165, 1.54) is 18.2 Å². The summed E-state index contributed by atoms with van der Waals surface area (Å²) in [5.41, 5.74) is 3.49. The van der Waals surface area contributed by atoms with Crippen molar-refractivity contribution < 1.29 is 8.42 Å². The Labute approximate surface area is 168 Å². The largest absolute Gasteiger partial charge is 0.357 e. The summed E-state index contributed by atoms with van der Waals surface area (Å²) in [6, 6.07) is 15.3. The van der Waals surface area contributed by atoms with E-state index >= 15 is 0 Å². The molecule has 152 valence electrons. The molecule has 0 spiro atoms. The molecule has 7 heteroatoms. The van der Waals surface area contributed by atoms with Crippen LogP contribution in [-0.4, -0.2) is 34.5 Å². The zero-order valence-corrected chi connectivity index (χ0v) is 17.8. The highest BCUT2D eigenvalue weighted by molar-refractivity contribution is 7.89. The Kier molecular flexibility index (Phi) is 8.02. The first-order chi connectivity index (χ1) is 13.4. The van der Waals surface area contributed by atoms with Crippen molar-refractivity contribution in [2.24, 2.45) is 4.99 Å². The van der Waals surface area contributed by atoms with Crippen molar-refractivity contribution >= 4 is 16.0 Å². The molecule has 2 rings (SSSR count). The number of aliphatic imine (C=N–C) groups is 1. The molecule has 3 N–H and O–H groups in total. The summed E-state index contributed by atoms with van der Waals surface area (Å²) in [5, 5.41) is 6.63. The molecule has 0 aromatic heterocycles. The van der Waals surface area contributed by atoms with E-state index in [0.717, 1.165) is 24.6 Å². The van der Waals surface area contributed by atoms with Crippen molar-refractivity contribution in [3.05, 3.63) is 65.2 Å². The van der Waals surface area contributed by atoms with Gasteiger partial charge in [-0.15, -0.1) is 0 Å². The minimum atomic E-state index is -3.41. The van der Waals surface area contributed by atoms with Gasteiger partial charge in [0.25, 0.3) is 0 Å². The smallest absolute Gasteiger partial charge is 0.240 e. The van der Waals surface area contributed by atoms with Crippen LogP contribution in [0.15, 0.2) is 58.4 Å². The van der Waals surface area contributed by atoms with Gasteiger partial charge in [0.05, 0.1) is 11.4 Å². The molecule has 0 aliphatic carbocycles. The van der Waals surface area contributed by atoms with Gasteiger partial charge in [-0.1, -0.05) is 48.9 Å². The molecule has 0 saturated carbocycles. The molecule has 0 fully saturated rings. The summed E-state index contributed by atoms with van der Waals surface area (Å²) in [6.07, 6.45) is 0. The molecule has 0 radical (unpaired) electrons. The van der Waals surface area contributed by atoms with Crippen molar-refractivity contribution in [3.63, 3.8) is 0 Å². The fraction of sp³-hybridized carbons (Fsp3) is 0.381. The lowest BCUT2D eigenvalue weighted by atomic mass is 10.0. The van der Waals surface area contributed by atoms with Crippen LogP contribution in [-0.2, 0) is 16.6 Å². The highest BCUT2D eigenvalue weighted by Crippen LogP contribution is 2.15. The lowest BCUT2D eigenvalue weighted by Gasteiger charge is -2.16. The lowest BCUT2D eigenvalue weighted by molar-refractivity contribution is 0.588. The Hall–Kier alpha value is -2.38. The third-order valence-corrected chi connectivity index (χ3v) is 5.92. The third-order valence-electron chi connectivity index (χ3n) is 4.49. The van der Waals surface area contributed by atoms with Gasteiger partial charge in [0.2, 0.25) is 10.0 Å². The maximum Gasteiger partial charge on any atom is 0.240 e. The number of sulfonamides is 1. The first-order valence-electron chi connectivity index (χ1n) is 9.47. The van der Waals surface area contributed by atoms with Crippen LogP contribution < -0.4 is 15.4 Å². The molecule has 0 bridgehead atoms. The normalized spacial score (nSPS) is 13.2. The molecule has 6 nitrogen and oxygen atoms in total. The van der Waals surface area contributed by atoms with E-state index in [4.69, 9.17) is 0 Å².